The zero-order valence-corrected chi connectivity index (χ0v) is 16.2. The van der Waals surface area contributed by atoms with Crippen LogP contribution in [0.1, 0.15) is 5.56 Å². The molecule has 3 aromatic rings. The second-order valence-corrected chi connectivity index (χ2v) is 7.06. The van der Waals surface area contributed by atoms with Crippen LogP contribution in [0.15, 0.2) is 52.5 Å². The molecule has 0 saturated heterocycles. The zero-order valence-electron chi connectivity index (χ0n) is 15.4. The fraction of sp³-hybridized carbons (Fsp3) is 0.222. The predicted octanol–water partition coefficient (Wildman–Crippen LogP) is 2.93. The first-order chi connectivity index (χ1) is 13.7. The van der Waals surface area contributed by atoms with Gasteiger partial charge in [-0.25, -0.2) is 0 Å². The SMILES string of the molecule is Cn1c(SCC(=O)Nc2cccc(C(F)(F)F)c2)nnc1-c1cccn(C)c1=O. The molecule has 0 bridgehead atoms. The summed E-state index contributed by atoms with van der Waals surface area (Å²) in [7, 11) is 3.28. The number of alkyl halides is 3. The molecule has 3 rings (SSSR count). The van der Waals surface area contributed by atoms with Crippen molar-refractivity contribution in [1.82, 2.24) is 19.3 Å². The number of anilines is 1. The molecule has 0 unspecified atom stereocenters. The summed E-state index contributed by atoms with van der Waals surface area (Å²) in [6, 6.07) is 7.74. The van der Waals surface area contributed by atoms with E-state index < -0.39 is 17.6 Å². The van der Waals surface area contributed by atoms with Crippen molar-refractivity contribution in [2.24, 2.45) is 14.1 Å². The van der Waals surface area contributed by atoms with Crippen LogP contribution in [0, 0.1) is 0 Å². The van der Waals surface area contributed by atoms with Crippen LogP contribution >= 0.6 is 11.8 Å². The first kappa shape index (κ1) is 20.6. The van der Waals surface area contributed by atoms with E-state index in [4.69, 9.17) is 0 Å². The van der Waals surface area contributed by atoms with Gasteiger partial charge in [-0.2, -0.15) is 13.2 Å². The van der Waals surface area contributed by atoms with Crippen LogP contribution in [0.2, 0.25) is 0 Å². The van der Waals surface area contributed by atoms with E-state index in [2.05, 4.69) is 15.5 Å². The normalized spacial score (nSPS) is 11.5. The molecule has 2 aromatic heterocycles. The Morgan fingerprint density at radius 2 is 1.93 bits per heavy atom. The molecule has 0 spiro atoms. The maximum Gasteiger partial charge on any atom is 0.416 e. The lowest BCUT2D eigenvalue weighted by Gasteiger charge is -2.09. The number of halogens is 3. The molecule has 2 heterocycles. The Morgan fingerprint density at radius 3 is 2.66 bits per heavy atom. The molecular formula is C18H16F3N5O2S. The molecule has 0 aliphatic carbocycles. The number of nitrogens with one attached hydrogen (secondary N) is 1. The minimum Gasteiger partial charge on any atom is -0.325 e. The van der Waals surface area contributed by atoms with E-state index in [0.29, 0.717) is 16.5 Å². The fourth-order valence-corrected chi connectivity index (χ4v) is 3.25. The highest BCUT2D eigenvalue weighted by Crippen LogP contribution is 2.30. The van der Waals surface area contributed by atoms with E-state index in [0.717, 1.165) is 23.9 Å². The van der Waals surface area contributed by atoms with Gasteiger partial charge in [-0.15, -0.1) is 10.2 Å². The van der Waals surface area contributed by atoms with Gasteiger partial charge in [-0.3, -0.25) is 9.59 Å². The minimum atomic E-state index is -4.49. The fourth-order valence-electron chi connectivity index (χ4n) is 2.54. The van der Waals surface area contributed by atoms with Gasteiger partial charge in [-0.1, -0.05) is 17.8 Å². The summed E-state index contributed by atoms with van der Waals surface area (Å²) < 4.78 is 41.3. The van der Waals surface area contributed by atoms with Crippen LogP contribution in [-0.4, -0.2) is 31.0 Å². The summed E-state index contributed by atoms with van der Waals surface area (Å²) in [6.07, 6.45) is -2.87. The van der Waals surface area contributed by atoms with Gasteiger partial charge in [0, 0.05) is 26.0 Å². The van der Waals surface area contributed by atoms with E-state index in [1.807, 2.05) is 0 Å². The highest BCUT2D eigenvalue weighted by atomic mass is 32.2. The number of aryl methyl sites for hydroxylation is 1. The number of carbonyl (C=O) groups excluding carboxylic acids is 1. The number of amides is 1. The Kier molecular flexibility index (Phi) is 5.78. The molecule has 29 heavy (non-hydrogen) atoms. The maximum atomic E-state index is 12.8. The number of carbonyl (C=O) groups is 1. The van der Waals surface area contributed by atoms with Gasteiger partial charge in [0.2, 0.25) is 5.91 Å². The quantitative estimate of drug-likeness (QED) is 0.638. The van der Waals surface area contributed by atoms with Gasteiger partial charge in [0.15, 0.2) is 11.0 Å². The number of nitrogens with zero attached hydrogens (tertiary/aromatic N) is 4. The molecule has 1 N–H and O–H groups in total. The van der Waals surface area contributed by atoms with Crippen LogP contribution in [0.5, 0.6) is 0 Å². The average Bonchev–Trinajstić information content (AvgIpc) is 3.02. The van der Waals surface area contributed by atoms with E-state index in [1.165, 1.54) is 16.7 Å². The van der Waals surface area contributed by atoms with Crippen LogP contribution < -0.4 is 10.9 Å². The lowest BCUT2D eigenvalue weighted by atomic mass is 10.2. The number of hydrogen-bond acceptors (Lipinski definition) is 5. The largest absolute Gasteiger partial charge is 0.416 e. The predicted molar refractivity (Wildman–Crippen MR) is 102 cm³/mol. The van der Waals surface area contributed by atoms with Crippen molar-refractivity contribution < 1.29 is 18.0 Å². The van der Waals surface area contributed by atoms with Gasteiger partial charge in [0.05, 0.1) is 16.9 Å². The summed E-state index contributed by atoms with van der Waals surface area (Å²) >= 11 is 1.06. The third kappa shape index (κ3) is 4.67. The zero-order chi connectivity index (χ0) is 21.2. The Bertz CT molecular complexity index is 1110. The summed E-state index contributed by atoms with van der Waals surface area (Å²) in [5.41, 5.74) is -0.658. The molecule has 0 radical (unpaired) electrons. The molecule has 1 aromatic carbocycles. The van der Waals surface area contributed by atoms with Gasteiger partial charge in [-0.05, 0) is 30.3 Å². The van der Waals surface area contributed by atoms with Gasteiger partial charge in [0.25, 0.3) is 5.56 Å². The standard InChI is InChI=1S/C18H16F3N5O2S/c1-25-8-4-7-13(16(25)28)15-23-24-17(26(15)2)29-10-14(27)22-12-6-3-5-11(9-12)18(19,20)21/h3-9H,10H2,1-2H3,(H,22,27). The molecule has 0 atom stereocenters. The van der Waals surface area contributed by atoms with Crippen molar-refractivity contribution in [3.8, 4) is 11.4 Å². The van der Waals surface area contributed by atoms with E-state index in [9.17, 15) is 22.8 Å². The molecule has 7 nitrogen and oxygen atoms in total. The monoisotopic (exact) mass is 423 g/mol. The molecule has 0 fully saturated rings. The minimum absolute atomic E-state index is 0.0526. The average molecular weight is 423 g/mol. The van der Waals surface area contributed by atoms with Crippen LogP contribution in [-0.2, 0) is 25.1 Å². The first-order valence-electron chi connectivity index (χ1n) is 8.32. The first-order valence-corrected chi connectivity index (χ1v) is 9.30. The lowest BCUT2D eigenvalue weighted by Crippen LogP contribution is -2.18. The van der Waals surface area contributed by atoms with Crippen molar-refractivity contribution in [2.45, 2.75) is 11.3 Å². The summed E-state index contributed by atoms with van der Waals surface area (Å²) in [5, 5.41) is 10.8. The topological polar surface area (TPSA) is 81.8 Å². The number of rotatable bonds is 5. The smallest absolute Gasteiger partial charge is 0.325 e. The Morgan fingerprint density at radius 1 is 1.17 bits per heavy atom. The third-order valence-corrected chi connectivity index (χ3v) is 5.03. The van der Waals surface area contributed by atoms with Crippen molar-refractivity contribution >= 4 is 23.4 Å². The molecular weight excluding hydrogens is 407 g/mol. The molecule has 11 heteroatoms. The van der Waals surface area contributed by atoms with E-state index >= 15 is 0 Å². The molecule has 152 valence electrons. The third-order valence-electron chi connectivity index (χ3n) is 4.01. The molecule has 0 aliphatic rings. The number of hydrogen-bond donors (Lipinski definition) is 1. The highest BCUT2D eigenvalue weighted by Gasteiger charge is 2.30. The number of thioether (sulfide) groups is 1. The molecule has 0 saturated carbocycles. The second-order valence-electron chi connectivity index (χ2n) is 6.12. The van der Waals surface area contributed by atoms with Crippen molar-refractivity contribution in [1.29, 1.82) is 0 Å². The van der Waals surface area contributed by atoms with Crippen LogP contribution in [0.3, 0.4) is 0 Å². The molecule has 1 amide bonds. The van der Waals surface area contributed by atoms with E-state index in [-0.39, 0.29) is 17.0 Å². The van der Waals surface area contributed by atoms with Gasteiger partial charge >= 0.3 is 6.18 Å². The highest BCUT2D eigenvalue weighted by molar-refractivity contribution is 7.99. The summed E-state index contributed by atoms with van der Waals surface area (Å²) in [4.78, 5) is 24.3. The number of aromatic nitrogens is 4. The number of pyridine rings is 1. The Labute approximate surface area is 167 Å². The summed E-state index contributed by atoms with van der Waals surface area (Å²) in [6.45, 7) is 0. The summed E-state index contributed by atoms with van der Waals surface area (Å²) in [5.74, 6) is -0.226. The van der Waals surface area contributed by atoms with Crippen molar-refractivity contribution in [3.63, 3.8) is 0 Å². The van der Waals surface area contributed by atoms with Gasteiger partial charge < -0.3 is 14.5 Å². The van der Waals surface area contributed by atoms with E-state index in [1.54, 1.807) is 37.0 Å². The maximum absolute atomic E-state index is 12.8. The van der Waals surface area contributed by atoms with Crippen molar-refractivity contribution in [3.05, 3.63) is 58.5 Å². The number of benzene rings is 1. The van der Waals surface area contributed by atoms with Gasteiger partial charge in [0.1, 0.15) is 0 Å². The van der Waals surface area contributed by atoms with Crippen LogP contribution in [0.4, 0.5) is 18.9 Å². The Balaban J connectivity index is 1.68. The Hall–Kier alpha value is -3.08. The van der Waals surface area contributed by atoms with Crippen molar-refractivity contribution in [2.75, 3.05) is 11.1 Å². The lowest BCUT2D eigenvalue weighted by molar-refractivity contribution is -0.137. The molecule has 0 aliphatic heterocycles. The van der Waals surface area contributed by atoms with Crippen LogP contribution in [0.25, 0.3) is 11.4 Å². The second kappa shape index (κ2) is 8.11.